The van der Waals surface area contributed by atoms with Crippen LogP contribution in [0.15, 0.2) is 65.1 Å². The van der Waals surface area contributed by atoms with Gasteiger partial charge in [0.2, 0.25) is 0 Å². The van der Waals surface area contributed by atoms with E-state index in [9.17, 15) is 4.39 Å². The third-order valence-electron chi connectivity index (χ3n) is 4.72. The summed E-state index contributed by atoms with van der Waals surface area (Å²) in [5.41, 5.74) is 4.00. The van der Waals surface area contributed by atoms with Crippen molar-refractivity contribution in [2.24, 2.45) is 0 Å². The average Bonchev–Trinajstić information content (AvgIpc) is 2.73. The predicted octanol–water partition coefficient (Wildman–Crippen LogP) is 5.82. The molecule has 1 N–H and O–H groups in total. The van der Waals surface area contributed by atoms with Crippen LogP contribution in [0.1, 0.15) is 22.3 Å². The summed E-state index contributed by atoms with van der Waals surface area (Å²) in [5, 5.41) is 3.38. The summed E-state index contributed by atoms with van der Waals surface area (Å²) < 4.78 is 26.4. The summed E-state index contributed by atoms with van der Waals surface area (Å²) >= 11 is 3.62. The average molecular weight is 458 g/mol. The van der Waals surface area contributed by atoms with E-state index in [0.717, 1.165) is 15.6 Å². The Kier molecular flexibility index (Phi) is 7.67. The van der Waals surface area contributed by atoms with Crippen LogP contribution >= 0.6 is 15.9 Å². The number of methoxy groups -OCH3 is 1. The Morgan fingerprint density at radius 3 is 2.48 bits per heavy atom. The third kappa shape index (κ3) is 5.81. The van der Waals surface area contributed by atoms with Gasteiger partial charge in [0.15, 0.2) is 11.5 Å². The first kappa shape index (κ1) is 21.3. The molecule has 29 heavy (non-hydrogen) atoms. The van der Waals surface area contributed by atoms with E-state index in [0.29, 0.717) is 43.2 Å². The summed E-state index contributed by atoms with van der Waals surface area (Å²) in [6.45, 7) is 3.75. The molecule has 0 radical (unpaired) electrons. The smallest absolute Gasteiger partial charge is 0.167 e. The molecule has 0 saturated heterocycles. The lowest BCUT2D eigenvalue weighted by molar-refractivity contribution is 0.280. The Morgan fingerprint density at radius 1 is 1.00 bits per heavy atom. The molecule has 0 saturated carbocycles. The lowest BCUT2D eigenvalue weighted by Gasteiger charge is -2.17. The maximum Gasteiger partial charge on any atom is 0.167 e. The first-order valence-electron chi connectivity index (χ1n) is 9.56. The molecular formula is C24H25BrFNO2. The van der Waals surface area contributed by atoms with Gasteiger partial charge in [-0.3, -0.25) is 0 Å². The van der Waals surface area contributed by atoms with E-state index in [4.69, 9.17) is 9.47 Å². The quantitative estimate of drug-likeness (QED) is 0.410. The van der Waals surface area contributed by atoms with E-state index in [1.165, 1.54) is 11.6 Å². The van der Waals surface area contributed by atoms with E-state index in [-0.39, 0.29) is 5.82 Å². The van der Waals surface area contributed by atoms with Crippen molar-refractivity contribution in [1.29, 1.82) is 0 Å². The zero-order chi connectivity index (χ0) is 20.6. The topological polar surface area (TPSA) is 30.5 Å². The van der Waals surface area contributed by atoms with E-state index in [1.54, 1.807) is 13.2 Å². The molecule has 0 heterocycles. The second kappa shape index (κ2) is 10.4. The third-order valence-corrected chi connectivity index (χ3v) is 5.46. The Morgan fingerprint density at radius 2 is 1.76 bits per heavy atom. The molecular weight excluding hydrogens is 433 g/mol. The monoisotopic (exact) mass is 457 g/mol. The van der Waals surface area contributed by atoms with Crippen LogP contribution in [-0.2, 0) is 19.6 Å². The summed E-state index contributed by atoms with van der Waals surface area (Å²) in [5.74, 6) is 1.23. The Bertz CT molecular complexity index is 944. The van der Waals surface area contributed by atoms with Gasteiger partial charge in [-0.15, -0.1) is 0 Å². The number of halogens is 2. The second-order valence-electron chi connectivity index (χ2n) is 6.85. The van der Waals surface area contributed by atoms with Crippen molar-refractivity contribution in [3.63, 3.8) is 0 Å². The number of aryl methyl sites for hydroxylation is 1. The van der Waals surface area contributed by atoms with E-state index >= 15 is 0 Å². The molecule has 0 atom stereocenters. The van der Waals surface area contributed by atoms with Crippen LogP contribution in [0.3, 0.4) is 0 Å². The van der Waals surface area contributed by atoms with Gasteiger partial charge >= 0.3 is 0 Å². The van der Waals surface area contributed by atoms with Crippen molar-refractivity contribution in [3.8, 4) is 11.5 Å². The fourth-order valence-corrected chi connectivity index (χ4v) is 3.50. The fourth-order valence-electron chi connectivity index (χ4n) is 3.04. The number of ether oxygens (including phenoxy) is 2. The highest BCUT2D eigenvalue weighted by molar-refractivity contribution is 9.10. The molecule has 0 bridgehead atoms. The van der Waals surface area contributed by atoms with Gasteiger partial charge in [-0.1, -0.05) is 64.0 Å². The van der Waals surface area contributed by atoms with E-state index < -0.39 is 0 Å². The Balaban J connectivity index is 1.68. The van der Waals surface area contributed by atoms with Crippen LogP contribution in [0.25, 0.3) is 0 Å². The molecule has 0 aliphatic rings. The minimum absolute atomic E-state index is 0.168. The highest BCUT2D eigenvalue weighted by Crippen LogP contribution is 2.36. The van der Waals surface area contributed by atoms with E-state index in [2.05, 4.69) is 52.4 Å². The number of rotatable bonds is 9. The number of benzene rings is 3. The van der Waals surface area contributed by atoms with Gasteiger partial charge in [-0.2, -0.15) is 0 Å². The van der Waals surface area contributed by atoms with Crippen LogP contribution < -0.4 is 14.8 Å². The van der Waals surface area contributed by atoms with Crippen molar-refractivity contribution in [3.05, 3.63) is 93.2 Å². The van der Waals surface area contributed by atoms with Gasteiger partial charge in [0.05, 0.1) is 7.11 Å². The molecule has 0 aromatic heterocycles. The Hall–Kier alpha value is -2.37. The number of nitrogens with one attached hydrogen (secondary N) is 1. The van der Waals surface area contributed by atoms with Crippen molar-refractivity contribution in [1.82, 2.24) is 5.32 Å². The minimum atomic E-state index is -0.168. The van der Waals surface area contributed by atoms with Crippen LogP contribution in [0.2, 0.25) is 0 Å². The zero-order valence-corrected chi connectivity index (χ0v) is 18.3. The summed E-state index contributed by atoms with van der Waals surface area (Å²) in [6, 6.07) is 19.0. The van der Waals surface area contributed by atoms with Gasteiger partial charge in [-0.25, -0.2) is 4.39 Å². The number of hydrogen-bond donors (Lipinski definition) is 1. The van der Waals surface area contributed by atoms with E-state index in [1.807, 2.05) is 24.3 Å². The zero-order valence-electron chi connectivity index (χ0n) is 16.7. The molecule has 0 spiro atoms. The summed E-state index contributed by atoms with van der Waals surface area (Å²) in [6.07, 6.45) is 0.619. The first-order chi connectivity index (χ1) is 14.1. The molecule has 0 unspecified atom stereocenters. The van der Waals surface area contributed by atoms with Crippen LogP contribution in [-0.4, -0.2) is 13.7 Å². The molecule has 152 valence electrons. The maximum atomic E-state index is 13.8. The van der Waals surface area contributed by atoms with Gasteiger partial charge in [0.1, 0.15) is 12.4 Å². The molecule has 0 aliphatic heterocycles. The van der Waals surface area contributed by atoms with Gasteiger partial charge < -0.3 is 14.8 Å². The van der Waals surface area contributed by atoms with Gasteiger partial charge in [0, 0.05) is 16.6 Å². The molecule has 0 aliphatic carbocycles. The lowest BCUT2D eigenvalue weighted by Crippen LogP contribution is -2.18. The minimum Gasteiger partial charge on any atom is -0.493 e. The molecule has 3 aromatic carbocycles. The van der Waals surface area contributed by atoms with Crippen LogP contribution in [0.4, 0.5) is 4.39 Å². The fraction of sp³-hybridized carbons (Fsp3) is 0.250. The standard InChI is InChI=1S/C24H25BrFNO2/c1-17-7-9-18(10-8-17)16-29-24-20(21(25)11-12-23(24)28-2)15-27-14-13-19-5-3-4-6-22(19)26/h3-12,27H,13-16H2,1-2H3. The predicted molar refractivity (Wildman–Crippen MR) is 118 cm³/mol. The molecule has 3 aromatic rings. The van der Waals surface area contributed by atoms with Gasteiger partial charge in [0.25, 0.3) is 0 Å². The van der Waals surface area contributed by atoms with Crippen LogP contribution in [0, 0.1) is 12.7 Å². The summed E-state index contributed by atoms with van der Waals surface area (Å²) in [7, 11) is 1.64. The van der Waals surface area contributed by atoms with Crippen molar-refractivity contribution >= 4 is 15.9 Å². The SMILES string of the molecule is COc1ccc(Br)c(CNCCc2ccccc2F)c1OCc1ccc(C)cc1. The van der Waals surface area contributed by atoms with Crippen LogP contribution in [0.5, 0.6) is 11.5 Å². The largest absolute Gasteiger partial charge is 0.493 e. The van der Waals surface area contributed by atoms with Crippen molar-refractivity contribution < 1.29 is 13.9 Å². The van der Waals surface area contributed by atoms with Gasteiger partial charge in [-0.05, 0) is 49.2 Å². The first-order valence-corrected chi connectivity index (χ1v) is 10.4. The lowest BCUT2D eigenvalue weighted by atomic mass is 10.1. The highest BCUT2D eigenvalue weighted by atomic mass is 79.9. The molecule has 3 nitrogen and oxygen atoms in total. The number of hydrogen-bond acceptors (Lipinski definition) is 3. The highest BCUT2D eigenvalue weighted by Gasteiger charge is 2.15. The molecule has 0 amide bonds. The second-order valence-corrected chi connectivity index (χ2v) is 7.70. The van der Waals surface area contributed by atoms with Crippen molar-refractivity contribution in [2.45, 2.75) is 26.5 Å². The Labute approximate surface area is 180 Å². The van der Waals surface area contributed by atoms with Crippen molar-refractivity contribution in [2.75, 3.05) is 13.7 Å². The maximum absolute atomic E-state index is 13.8. The summed E-state index contributed by atoms with van der Waals surface area (Å²) in [4.78, 5) is 0. The normalized spacial score (nSPS) is 10.8. The molecule has 3 rings (SSSR count). The molecule has 0 fully saturated rings. The molecule has 5 heteroatoms.